The third-order valence-corrected chi connectivity index (χ3v) is 5.15. The first kappa shape index (κ1) is 17.3. The zero-order chi connectivity index (χ0) is 17.6. The van der Waals surface area contributed by atoms with Crippen LogP contribution in [0.25, 0.3) is 10.7 Å². The topological polar surface area (TPSA) is 54.9 Å². The summed E-state index contributed by atoms with van der Waals surface area (Å²) in [6.45, 7) is 3.91. The maximum Gasteiger partial charge on any atom is 0.263 e. The molecule has 1 N–H and O–H groups in total. The van der Waals surface area contributed by atoms with Gasteiger partial charge in [0.05, 0.1) is 11.4 Å². The number of hydrogen-bond donors (Lipinski definition) is 1. The first-order valence-corrected chi connectivity index (χ1v) is 9.19. The van der Waals surface area contributed by atoms with Crippen molar-refractivity contribution in [2.45, 2.75) is 32.7 Å². The summed E-state index contributed by atoms with van der Waals surface area (Å²) in [4.78, 5) is 22.0. The van der Waals surface area contributed by atoms with Crippen LogP contribution < -0.4 is 5.32 Å². The number of thiazole rings is 1. The summed E-state index contributed by atoms with van der Waals surface area (Å²) in [5.41, 5.74) is 2.83. The molecule has 1 unspecified atom stereocenters. The highest BCUT2D eigenvalue weighted by molar-refractivity contribution is 7.17. The molecule has 25 heavy (non-hydrogen) atoms. The van der Waals surface area contributed by atoms with E-state index in [4.69, 9.17) is 0 Å². The molecule has 0 spiro atoms. The molecule has 0 saturated heterocycles. The third-order valence-electron chi connectivity index (χ3n) is 3.97. The van der Waals surface area contributed by atoms with Gasteiger partial charge in [0.1, 0.15) is 9.88 Å². The number of carbonyl (C=O) groups excluding carboxylic acids is 1. The lowest BCUT2D eigenvalue weighted by atomic mass is 10.1. The fourth-order valence-corrected chi connectivity index (χ4v) is 3.54. The van der Waals surface area contributed by atoms with Gasteiger partial charge in [-0.1, -0.05) is 36.4 Å². The SMILES string of the molecule is Cc1nc(-c2ccccn2)sc1C(=O)NC(C)CCc1ccccc1. The lowest BCUT2D eigenvalue weighted by Crippen LogP contribution is -2.32. The molecular formula is C20H21N3OS. The Morgan fingerprint density at radius 2 is 1.92 bits per heavy atom. The number of rotatable bonds is 6. The van der Waals surface area contributed by atoms with E-state index >= 15 is 0 Å². The summed E-state index contributed by atoms with van der Waals surface area (Å²) in [5.74, 6) is -0.0576. The fourth-order valence-electron chi connectivity index (χ4n) is 2.60. The molecular weight excluding hydrogens is 330 g/mol. The number of nitrogens with zero attached hydrogens (tertiary/aromatic N) is 2. The second-order valence-corrected chi connectivity index (χ2v) is 7.05. The van der Waals surface area contributed by atoms with Crippen LogP contribution in [0.3, 0.4) is 0 Å². The molecule has 2 aromatic heterocycles. The number of pyridine rings is 1. The molecule has 128 valence electrons. The summed E-state index contributed by atoms with van der Waals surface area (Å²) in [6, 6.07) is 16.1. The molecule has 1 atom stereocenters. The number of aromatic nitrogens is 2. The predicted octanol–water partition coefficient (Wildman–Crippen LogP) is 4.26. The van der Waals surface area contributed by atoms with E-state index in [2.05, 4.69) is 27.4 Å². The first-order valence-electron chi connectivity index (χ1n) is 8.37. The van der Waals surface area contributed by atoms with Crippen LogP contribution in [0, 0.1) is 6.92 Å². The van der Waals surface area contributed by atoms with E-state index < -0.39 is 0 Å². The van der Waals surface area contributed by atoms with Gasteiger partial charge in [-0.25, -0.2) is 4.98 Å². The van der Waals surface area contributed by atoms with Gasteiger partial charge >= 0.3 is 0 Å². The quantitative estimate of drug-likeness (QED) is 0.722. The molecule has 3 rings (SSSR count). The van der Waals surface area contributed by atoms with Crippen molar-refractivity contribution in [3.8, 4) is 10.7 Å². The van der Waals surface area contributed by atoms with E-state index in [-0.39, 0.29) is 11.9 Å². The highest BCUT2D eigenvalue weighted by Gasteiger charge is 2.18. The maximum atomic E-state index is 12.6. The van der Waals surface area contributed by atoms with E-state index in [1.807, 2.05) is 50.2 Å². The van der Waals surface area contributed by atoms with Gasteiger partial charge in [-0.3, -0.25) is 9.78 Å². The fraction of sp³-hybridized carbons (Fsp3) is 0.250. The Kier molecular flexibility index (Phi) is 5.56. The Labute approximate surface area is 152 Å². The van der Waals surface area contributed by atoms with Crippen LogP contribution in [0.2, 0.25) is 0 Å². The summed E-state index contributed by atoms with van der Waals surface area (Å²) < 4.78 is 0. The van der Waals surface area contributed by atoms with Crippen molar-refractivity contribution >= 4 is 17.2 Å². The minimum absolute atomic E-state index is 0.0576. The summed E-state index contributed by atoms with van der Waals surface area (Å²) in [7, 11) is 0. The average molecular weight is 351 g/mol. The van der Waals surface area contributed by atoms with E-state index in [0.29, 0.717) is 4.88 Å². The molecule has 0 saturated carbocycles. The molecule has 0 aliphatic heterocycles. The van der Waals surface area contributed by atoms with Crippen molar-refractivity contribution in [1.29, 1.82) is 0 Å². The molecule has 1 aromatic carbocycles. The van der Waals surface area contributed by atoms with Gasteiger partial charge < -0.3 is 5.32 Å². The number of carbonyl (C=O) groups is 1. The van der Waals surface area contributed by atoms with Crippen LogP contribution in [0.15, 0.2) is 54.7 Å². The van der Waals surface area contributed by atoms with Gasteiger partial charge in [0.15, 0.2) is 0 Å². The standard InChI is InChI=1S/C20H21N3OS/c1-14(11-12-16-8-4-3-5-9-16)22-19(24)18-15(2)23-20(25-18)17-10-6-7-13-21-17/h3-10,13-14H,11-12H2,1-2H3,(H,22,24). The Balaban J connectivity index is 1.62. The Morgan fingerprint density at radius 1 is 1.16 bits per heavy atom. The van der Waals surface area contributed by atoms with Crippen LogP contribution in [0.5, 0.6) is 0 Å². The summed E-state index contributed by atoms with van der Waals surface area (Å²) in [6.07, 6.45) is 3.58. The number of aryl methyl sites for hydroxylation is 2. The number of amides is 1. The van der Waals surface area contributed by atoms with Crippen LogP contribution in [-0.2, 0) is 6.42 Å². The largest absolute Gasteiger partial charge is 0.349 e. The molecule has 0 radical (unpaired) electrons. The zero-order valence-electron chi connectivity index (χ0n) is 14.4. The molecule has 0 aliphatic rings. The highest BCUT2D eigenvalue weighted by Crippen LogP contribution is 2.26. The van der Waals surface area contributed by atoms with Crippen LogP contribution in [0.1, 0.15) is 34.3 Å². The molecule has 5 heteroatoms. The molecule has 1 amide bonds. The van der Waals surface area contributed by atoms with Gasteiger partial charge in [0.25, 0.3) is 5.91 Å². The van der Waals surface area contributed by atoms with Crippen molar-refractivity contribution in [2.75, 3.05) is 0 Å². The van der Waals surface area contributed by atoms with Crippen LogP contribution >= 0.6 is 11.3 Å². The monoisotopic (exact) mass is 351 g/mol. The van der Waals surface area contributed by atoms with Crippen LogP contribution in [-0.4, -0.2) is 21.9 Å². The zero-order valence-corrected chi connectivity index (χ0v) is 15.2. The van der Waals surface area contributed by atoms with Crippen LogP contribution in [0.4, 0.5) is 0 Å². The normalized spacial score (nSPS) is 11.9. The minimum atomic E-state index is -0.0576. The van der Waals surface area contributed by atoms with Crippen molar-refractivity contribution in [3.63, 3.8) is 0 Å². The van der Waals surface area contributed by atoms with Gasteiger partial charge in [-0.05, 0) is 44.4 Å². The minimum Gasteiger partial charge on any atom is -0.349 e. The molecule has 0 fully saturated rings. The Morgan fingerprint density at radius 3 is 2.64 bits per heavy atom. The highest BCUT2D eigenvalue weighted by atomic mass is 32.1. The van der Waals surface area contributed by atoms with Gasteiger partial charge in [0.2, 0.25) is 0 Å². The van der Waals surface area contributed by atoms with Crippen molar-refractivity contribution in [3.05, 3.63) is 70.9 Å². The number of benzene rings is 1. The van der Waals surface area contributed by atoms with Crippen molar-refractivity contribution in [1.82, 2.24) is 15.3 Å². The average Bonchev–Trinajstić information content (AvgIpc) is 3.03. The Bertz CT molecular complexity index is 831. The summed E-state index contributed by atoms with van der Waals surface area (Å²) in [5, 5.41) is 3.86. The third kappa shape index (κ3) is 4.51. The lowest BCUT2D eigenvalue weighted by Gasteiger charge is -2.13. The summed E-state index contributed by atoms with van der Waals surface area (Å²) >= 11 is 1.39. The lowest BCUT2D eigenvalue weighted by molar-refractivity contribution is 0.0942. The smallest absolute Gasteiger partial charge is 0.263 e. The first-order chi connectivity index (χ1) is 12.1. The molecule has 3 aromatic rings. The van der Waals surface area contributed by atoms with E-state index in [0.717, 1.165) is 29.2 Å². The van der Waals surface area contributed by atoms with E-state index in [1.165, 1.54) is 16.9 Å². The van der Waals surface area contributed by atoms with Crippen molar-refractivity contribution in [2.24, 2.45) is 0 Å². The second kappa shape index (κ2) is 8.03. The van der Waals surface area contributed by atoms with E-state index in [9.17, 15) is 4.79 Å². The van der Waals surface area contributed by atoms with Crippen molar-refractivity contribution < 1.29 is 4.79 Å². The Hall–Kier alpha value is -2.53. The maximum absolute atomic E-state index is 12.6. The number of hydrogen-bond acceptors (Lipinski definition) is 4. The second-order valence-electron chi connectivity index (χ2n) is 6.05. The van der Waals surface area contributed by atoms with Gasteiger partial charge in [-0.15, -0.1) is 11.3 Å². The number of nitrogens with one attached hydrogen (secondary N) is 1. The molecule has 0 aliphatic carbocycles. The molecule has 4 nitrogen and oxygen atoms in total. The molecule has 2 heterocycles. The van der Waals surface area contributed by atoms with Gasteiger partial charge in [0, 0.05) is 12.2 Å². The predicted molar refractivity (Wildman–Crippen MR) is 102 cm³/mol. The van der Waals surface area contributed by atoms with Gasteiger partial charge in [-0.2, -0.15) is 0 Å². The molecule has 0 bridgehead atoms. The van der Waals surface area contributed by atoms with E-state index in [1.54, 1.807) is 6.20 Å².